The van der Waals surface area contributed by atoms with Crippen LogP contribution >= 0.6 is 15.9 Å². The summed E-state index contributed by atoms with van der Waals surface area (Å²) in [6, 6.07) is 0. The minimum absolute atomic E-state index is 0.0339. The molecule has 3 heterocycles. The zero-order valence-corrected chi connectivity index (χ0v) is 11.7. The second-order valence-electron chi connectivity index (χ2n) is 4.49. The average Bonchev–Trinajstić information content (AvgIpc) is 2.89. The molecule has 1 fully saturated rings. The number of nitrogens with one attached hydrogen (secondary N) is 1. The van der Waals surface area contributed by atoms with Crippen LogP contribution in [0.25, 0.3) is 11.2 Å². The van der Waals surface area contributed by atoms with Gasteiger partial charge in [-0.3, -0.25) is 14.3 Å². The van der Waals surface area contributed by atoms with E-state index in [0.717, 1.165) is 0 Å². The molecule has 0 bridgehead atoms. The lowest BCUT2D eigenvalue weighted by Crippen LogP contribution is -2.24. The Morgan fingerprint density at radius 1 is 1.55 bits per heavy atom. The number of H-pyrrole nitrogens is 1. The molecule has 3 rings (SSSR count). The van der Waals surface area contributed by atoms with Crippen molar-refractivity contribution in [3.8, 4) is 0 Å². The molecule has 108 valence electrons. The van der Waals surface area contributed by atoms with Gasteiger partial charge in [-0.2, -0.15) is 4.98 Å². The van der Waals surface area contributed by atoms with E-state index in [1.165, 1.54) is 4.57 Å². The number of aliphatic hydroxyl groups excluding tert-OH is 2. The molecule has 1 aliphatic rings. The summed E-state index contributed by atoms with van der Waals surface area (Å²) in [5.41, 5.74) is 5.45. The Kier molecular flexibility index (Phi) is 3.24. The summed E-state index contributed by atoms with van der Waals surface area (Å²) in [7, 11) is 0. The molecule has 20 heavy (non-hydrogen) atoms. The van der Waals surface area contributed by atoms with Gasteiger partial charge in [0.05, 0.1) is 12.7 Å². The normalized spacial score (nSPS) is 26.4. The minimum Gasteiger partial charge on any atom is -0.394 e. The smallest absolute Gasteiger partial charge is 0.280 e. The number of nitrogens with two attached hydrogens (primary N) is 1. The van der Waals surface area contributed by atoms with E-state index in [-0.39, 0.29) is 30.1 Å². The molecule has 0 amide bonds. The van der Waals surface area contributed by atoms with E-state index in [2.05, 4.69) is 30.9 Å². The van der Waals surface area contributed by atoms with Crippen molar-refractivity contribution in [2.24, 2.45) is 0 Å². The zero-order chi connectivity index (χ0) is 14.4. The molecule has 1 saturated heterocycles. The van der Waals surface area contributed by atoms with E-state index in [4.69, 9.17) is 15.6 Å². The van der Waals surface area contributed by atoms with Crippen molar-refractivity contribution < 1.29 is 14.9 Å². The number of aromatic amines is 1. The van der Waals surface area contributed by atoms with Crippen molar-refractivity contribution in [2.75, 3.05) is 12.3 Å². The van der Waals surface area contributed by atoms with Crippen LogP contribution in [0.2, 0.25) is 0 Å². The molecule has 0 aromatic carbocycles. The molecule has 5 N–H and O–H groups in total. The van der Waals surface area contributed by atoms with Gasteiger partial charge in [0.15, 0.2) is 15.9 Å². The molecule has 2 aromatic rings. The lowest BCUT2D eigenvalue weighted by molar-refractivity contribution is -0.0439. The van der Waals surface area contributed by atoms with Gasteiger partial charge in [0, 0.05) is 6.42 Å². The summed E-state index contributed by atoms with van der Waals surface area (Å²) in [6.07, 6.45) is -1.81. The lowest BCUT2D eigenvalue weighted by Gasteiger charge is -2.14. The fourth-order valence-electron chi connectivity index (χ4n) is 2.27. The largest absolute Gasteiger partial charge is 0.394 e. The fourth-order valence-corrected chi connectivity index (χ4v) is 2.84. The number of imidazole rings is 1. The first-order valence-electron chi connectivity index (χ1n) is 5.89. The van der Waals surface area contributed by atoms with Gasteiger partial charge in [0.2, 0.25) is 5.95 Å². The van der Waals surface area contributed by atoms with Crippen LogP contribution in [0.3, 0.4) is 0 Å². The van der Waals surface area contributed by atoms with Crippen molar-refractivity contribution in [1.29, 1.82) is 0 Å². The number of fused-ring (bicyclic) bond motifs is 1. The zero-order valence-electron chi connectivity index (χ0n) is 10.2. The summed E-state index contributed by atoms with van der Waals surface area (Å²) in [6.45, 7) is -0.294. The highest BCUT2D eigenvalue weighted by atomic mass is 79.9. The van der Waals surface area contributed by atoms with Crippen LogP contribution in [0.1, 0.15) is 12.6 Å². The van der Waals surface area contributed by atoms with Crippen LogP contribution in [0.4, 0.5) is 5.95 Å². The maximum absolute atomic E-state index is 11.8. The van der Waals surface area contributed by atoms with Crippen LogP contribution < -0.4 is 11.3 Å². The number of rotatable bonds is 2. The van der Waals surface area contributed by atoms with Crippen molar-refractivity contribution in [3.63, 3.8) is 0 Å². The quantitative estimate of drug-likeness (QED) is 0.517. The van der Waals surface area contributed by atoms with Gasteiger partial charge in [-0.15, -0.1) is 0 Å². The van der Waals surface area contributed by atoms with E-state index >= 15 is 0 Å². The first-order valence-corrected chi connectivity index (χ1v) is 6.68. The SMILES string of the molecule is Nc1nc2c(nc(Br)n2[C@@H]2C[C@H](O)[C@H](CO)O2)c(=O)[nH]1. The third-order valence-electron chi connectivity index (χ3n) is 3.20. The van der Waals surface area contributed by atoms with Gasteiger partial charge in [-0.1, -0.05) is 0 Å². The van der Waals surface area contributed by atoms with E-state index < -0.39 is 24.0 Å². The fraction of sp³-hybridized carbons (Fsp3) is 0.500. The predicted molar refractivity (Wildman–Crippen MR) is 71.9 cm³/mol. The topological polar surface area (TPSA) is 139 Å². The van der Waals surface area contributed by atoms with Gasteiger partial charge in [0.25, 0.3) is 5.56 Å². The first-order chi connectivity index (χ1) is 9.51. The van der Waals surface area contributed by atoms with Crippen molar-refractivity contribution in [1.82, 2.24) is 19.5 Å². The van der Waals surface area contributed by atoms with E-state index in [1.807, 2.05) is 0 Å². The van der Waals surface area contributed by atoms with Crippen LogP contribution in [0, 0.1) is 0 Å². The van der Waals surface area contributed by atoms with Gasteiger partial charge in [-0.25, -0.2) is 4.98 Å². The van der Waals surface area contributed by atoms with Gasteiger partial charge in [0.1, 0.15) is 12.3 Å². The van der Waals surface area contributed by atoms with Gasteiger partial charge in [-0.05, 0) is 15.9 Å². The standard InChI is InChI=1S/C10H12BrN5O4/c11-9-13-6-7(14-10(12)15-8(6)19)16(9)5-1-3(18)4(2-17)20-5/h3-5,17-18H,1-2H2,(H3,12,14,15,19)/t3-,4-,5-/m0/s1. The molecule has 0 radical (unpaired) electrons. The molecule has 0 saturated carbocycles. The Morgan fingerprint density at radius 3 is 2.95 bits per heavy atom. The summed E-state index contributed by atoms with van der Waals surface area (Å²) in [4.78, 5) is 22.2. The second kappa shape index (κ2) is 4.81. The first kappa shape index (κ1) is 13.5. The number of hydrogen-bond donors (Lipinski definition) is 4. The molecule has 0 unspecified atom stereocenters. The Hall–Kier alpha value is -1.49. The number of aromatic nitrogens is 4. The van der Waals surface area contributed by atoms with Crippen LogP contribution in [0.5, 0.6) is 0 Å². The maximum Gasteiger partial charge on any atom is 0.280 e. The highest BCUT2D eigenvalue weighted by Crippen LogP contribution is 2.33. The molecule has 0 spiro atoms. The van der Waals surface area contributed by atoms with Crippen molar-refractivity contribution >= 4 is 33.0 Å². The summed E-state index contributed by atoms with van der Waals surface area (Å²) in [5, 5.41) is 18.9. The summed E-state index contributed by atoms with van der Waals surface area (Å²) < 4.78 is 7.40. The molecule has 3 atom stereocenters. The van der Waals surface area contributed by atoms with Gasteiger partial charge < -0.3 is 20.7 Å². The van der Waals surface area contributed by atoms with Gasteiger partial charge >= 0.3 is 0 Å². The predicted octanol–water partition coefficient (Wildman–Crippen LogP) is -0.895. The maximum atomic E-state index is 11.8. The van der Waals surface area contributed by atoms with E-state index in [0.29, 0.717) is 4.73 Å². The molecule has 1 aliphatic heterocycles. The molecule has 10 heteroatoms. The number of nitrogens with zero attached hydrogens (tertiary/aromatic N) is 3. The molecular formula is C10H12BrN5O4. The Balaban J connectivity index is 2.13. The number of anilines is 1. The van der Waals surface area contributed by atoms with E-state index in [1.54, 1.807) is 0 Å². The highest BCUT2D eigenvalue weighted by Gasteiger charge is 2.36. The summed E-state index contributed by atoms with van der Waals surface area (Å²) >= 11 is 3.23. The Morgan fingerprint density at radius 2 is 2.30 bits per heavy atom. The number of aliphatic hydroxyl groups is 2. The lowest BCUT2D eigenvalue weighted by atomic mass is 10.2. The third-order valence-corrected chi connectivity index (χ3v) is 3.76. The van der Waals surface area contributed by atoms with Crippen molar-refractivity contribution in [2.45, 2.75) is 24.9 Å². The number of halogens is 1. The number of ether oxygens (including phenoxy) is 1. The molecule has 2 aromatic heterocycles. The van der Waals surface area contributed by atoms with Crippen LogP contribution in [-0.2, 0) is 4.74 Å². The second-order valence-corrected chi connectivity index (χ2v) is 5.20. The monoisotopic (exact) mass is 345 g/mol. The Bertz CT molecular complexity index is 713. The molecule has 9 nitrogen and oxygen atoms in total. The van der Waals surface area contributed by atoms with E-state index in [9.17, 15) is 9.90 Å². The average molecular weight is 346 g/mol. The van der Waals surface area contributed by atoms with Crippen molar-refractivity contribution in [3.05, 3.63) is 15.1 Å². The van der Waals surface area contributed by atoms with Crippen LogP contribution in [-0.4, -0.2) is 48.5 Å². The third kappa shape index (κ3) is 2.00. The summed E-state index contributed by atoms with van der Waals surface area (Å²) in [5.74, 6) is -0.0339. The number of nitrogen functional groups attached to an aromatic ring is 1. The Labute approximate surface area is 120 Å². The molecular weight excluding hydrogens is 334 g/mol. The van der Waals surface area contributed by atoms with Crippen LogP contribution in [0.15, 0.2) is 9.53 Å². The minimum atomic E-state index is -0.798. The molecule has 0 aliphatic carbocycles. The highest BCUT2D eigenvalue weighted by molar-refractivity contribution is 9.10. The number of hydrogen-bond acceptors (Lipinski definition) is 7.